The summed E-state index contributed by atoms with van der Waals surface area (Å²) in [4.78, 5) is 25.0. The molecule has 3 rings (SSSR count). The van der Waals surface area contributed by atoms with Crippen LogP contribution in [0.2, 0.25) is 0 Å². The van der Waals surface area contributed by atoms with E-state index in [2.05, 4.69) is 21.0 Å². The Hall–Kier alpha value is -3.05. The van der Waals surface area contributed by atoms with Gasteiger partial charge in [0.25, 0.3) is 5.56 Å². The Morgan fingerprint density at radius 3 is 2.48 bits per heavy atom. The van der Waals surface area contributed by atoms with Gasteiger partial charge in [0.15, 0.2) is 4.60 Å². The molecule has 0 spiro atoms. The number of aromatic nitrogens is 3. The smallest absolute Gasteiger partial charge is 0.266 e. The molecule has 25 heavy (non-hydrogen) atoms. The summed E-state index contributed by atoms with van der Waals surface area (Å²) in [7, 11) is 0. The molecule has 0 saturated carbocycles. The number of para-hydroxylation sites is 1. The molecule has 0 bridgehead atoms. The largest absolute Gasteiger partial charge is 0.352 e. The fourth-order valence-corrected chi connectivity index (χ4v) is 2.68. The van der Waals surface area contributed by atoms with Crippen molar-refractivity contribution in [2.45, 2.75) is 6.54 Å². The van der Waals surface area contributed by atoms with Crippen molar-refractivity contribution in [1.29, 1.82) is 5.26 Å². The van der Waals surface area contributed by atoms with Gasteiger partial charge in [0.05, 0.1) is 17.8 Å². The molecule has 3 aromatic rings. The molecule has 8 heteroatoms. The Morgan fingerprint density at radius 1 is 1.12 bits per heavy atom. The topological polar surface area (TPSA) is 80.7 Å². The lowest BCUT2D eigenvalue weighted by Crippen LogP contribution is -2.41. The number of hydrogen-bond donors (Lipinski definition) is 0. The highest BCUT2D eigenvalue weighted by molar-refractivity contribution is 9.10. The molecule has 2 aromatic carbocycles. The number of hydrogen-bond acceptors (Lipinski definition) is 4. The second kappa shape index (κ2) is 6.83. The van der Waals surface area contributed by atoms with Crippen LogP contribution < -0.4 is 11.2 Å². The monoisotopic (exact) mass is 400 g/mol. The lowest BCUT2D eigenvalue weighted by molar-refractivity contribution is 0.602. The molecule has 0 atom stereocenters. The van der Waals surface area contributed by atoms with E-state index in [0.29, 0.717) is 5.56 Å². The lowest BCUT2D eigenvalue weighted by atomic mass is 10.2. The van der Waals surface area contributed by atoms with Gasteiger partial charge in [0.2, 0.25) is 0 Å². The van der Waals surface area contributed by atoms with Crippen LogP contribution >= 0.6 is 15.9 Å². The molecule has 0 unspecified atom stereocenters. The molecule has 0 radical (unpaired) electrons. The van der Waals surface area contributed by atoms with Crippen LogP contribution in [0.4, 0.5) is 4.39 Å². The highest BCUT2D eigenvalue weighted by Crippen LogP contribution is 2.11. The lowest BCUT2D eigenvalue weighted by Gasteiger charge is -2.11. The van der Waals surface area contributed by atoms with E-state index in [9.17, 15) is 19.2 Å². The number of nitriles is 1. The fraction of sp³-hybridized carbons (Fsp3) is 0.0588. The van der Waals surface area contributed by atoms with Gasteiger partial charge in [-0.2, -0.15) is 15.0 Å². The van der Waals surface area contributed by atoms with Crippen molar-refractivity contribution < 1.29 is 4.39 Å². The summed E-state index contributed by atoms with van der Waals surface area (Å²) in [5, 5.41) is 13.2. The maximum atomic E-state index is 13.0. The predicted octanol–water partition coefficient (Wildman–Crippen LogP) is 2.22. The molecule has 0 aliphatic carbocycles. The van der Waals surface area contributed by atoms with E-state index >= 15 is 0 Å². The third kappa shape index (κ3) is 3.27. The van der Waals surface area contributed by atoms with E-state index in [-0.39, 0.29) is 22.4 Å². The SMILES string of the molecule is N#Cc1ccccc1-n1nc(Br)c(=O)n(Cc2ccc(F)cc2)c1=O. The summed E-state index contributed by atoms with van der Waals surface area (Å²) in [5.41, 5.74) is -0.210. The minimum atomic E-state index is -0.694. The number of halogens is 2. The van der Waals surface area contributed by atoms with E-state index in [1.54, 1.807) is 24.3 Å². The van der Waals surface area contributed by atoms with Gasteiger partial charge in [0, 0.05) is 0 Å². The predicted molar refractivity (Wildman–Crippen MR) is 92.0 cm³/mol. The summed E-state index contributed by atoms with van der Waals surface area (Å²) >= 11 is 3.05. The molecular formula is C17H10BrFN4O2. The Kier molecular flexibility index (Phi) is 4.59. The fourth-order valence-electron chi connectivity index (χ4n) is 2.31. The van der Waals surface area contributed by atoms with Crippen LogP contribution in [0.15, 0.2) is 62.7 Å². The molecule has 0 aliphatic heterocycles. The zero-order chi connectivity index (χ0) is 18.0. The Balaban J connectivity index is 2.19. The van der Waals surface area contributed by atoms with E-state index in [1.165, 1.54) is 24.3 Å². The van der Waals surface area contributed by atoms with Crippen LogP contribution in [-0.2, 0) is 6.54 Å². The first-order valence-corrected chi connectivity index (χ1v) is 7.94. The van der Waals surface area contributed by atoms with E-state index in [0.717, 1.165) is 9.25 Å². The zero-order valence-electron chi connectivity index (χ0n) is 12.7. The maximum absolute atomic E-state index is 13.0. The highest BCUT2D eigenvalue weighted by Gasteiger charge is 2.15. The first kappa shape index (κ1) is 16.8. The quantitative estimate of drug-likeness (QED) is 0.674. The number of nitrogens with zero attached hydrogens (tertiary/aromatic N) is 4. The van der Waals surface area contributed by atoms with Gasteiger partial charge in [-0.1, -0.05) is 24.3 Å². The third-order valence-electron chi connectivity index (χ3n) is 3.53. The van der Waals surface area contributed by atoms with Crippen LogP contribution in [0.3, 0.4) is 0 Å². The van der Waals surface area contributed by atoms with Gasteiger partial charge in [-0.3, -0.25) is 9.36 Å². The number of rotatable bonds is 3. The summed E-state index contributed by atoms with van der Waals surface area (Å²) in [6.07, 6.45) is 0. The second-order valence-electron chi connectivity index (χ2n) is 5.13. The highest BCUT2D eigenvalue weighted by atomic mass is 79.9. The summed E-state index contributed by atoms with van der Waals surface area (Å²) in [6, 6.07) is 13.9. The van der Waals surface area contributed by atoms with Gasteiger partial charge < -0.3 is 0 Å². The van der Waals surface area contributed by atoms with Gasteiger partial charge in [-0.25, -0.2) is 9.18 Å². The van der Waals surface area contributed by atoms with Crippen LogP contribution in [0.5, 0.6) is 0 Å². The average molecular weight is 401 g/mol. The first-order chi connectivity index (χ1) is 12.0. The maximum Gasteiger partial charge on any atom is 0.352 e. The van der Waals surface area contributed by atoms with Crippen molar-refractivity contribution in [3.8, 4) is 11.8 Å². The molecule has 6 nitrogen and oxygen atoms in total. The van der Waals surface area contributed by atoms with Crippen LogP contribution in [0.25, 0.3) is 5.69 Å². The minimum Gasteiger partial charge on any atom is -0.266 e. The van der Waals surface area contributed by atoms with Crippen LogP contribution in [0, 0.1) is 17.1 Å². The molecule has 0 fully saturated rings. The van der Waals surface area contributed by atoms with Crippen molar-refractivity contribution in [2.24, 2.45) is 0 Å². The molecule has 1 heterocycles. The van der Waals surface area contributed by atoms with Crippen molar-refractivity contribution in [3.63, 3.8) is 0 Å². The van der Waals surface area contributed by atoms with Crippen molar-refractivity contribution >= 4 is 15.9 Å². The van der Waals surface area contributed by atoms with Crippen molar-refractivity contribution in [3.05, 3.63) is 90.9 Å². The van der Waals surface area contributed by atoms with E-state index in [1.807, 2.05) is 6.07 Å². The zero-order valence-corrected chi connectivity index (χ0v) is 14.3. The van der Waals surface area contributed by atoms with Crippen LogP contribution in [0.1, 0.15) is 11.1 Å². The molecule has 124 valence electrons. The standard InChI is InChI=1S/C17H10BrFN4O2/c18-15-16(24)22(10-11-5-7-13(19)8-6-11)17(25)23(21-15)14-4-2-1-3-12(14)9-20/h1-8H,10H2. The van der Waals surface area contributed by atoms with Crippen LogP contribution in [-0.4, -0.2) is 14.3 Å². The summed E-state index contributed by atoms with van der Waals surface area (Å²) in [5.74, 6) is -0.410. The normalized spacial score (nSPS) is 10.4. The first-order valence-electron chi connectivity index (χ1n) is 7.15. The molecule has 0 aliphatic rings. The Bertz CT molecular complexity index is 1100. The Labute approximate surface area is 149 Å². The average Bonchev–Trinajstić information content (AvgIpc) is 2.63. The van der Waals surface area contributed by atoms with Gasteiger partial charge >= 0.3 is 5.69 Å². The minimum absolute atomic E-state index is 0.0478. The van der Waals surface area contributed by atoms with Crippen molar-refractivity contribution in [2.75, 3.05) is 0 Å². The van der Waals surface area contributed by atoms with E-state index < -0.39 is 17.1 Å². The van der Waals surface area contributed by atoms with Crippen molar-refractivity contribution in [1.82, 2.24) is 14.3 Å². The van der Waals surface area contributed by atoms with Gasteiger partial charge in [-0.05, 0) is 45.8 Å². The number of benzene rings is 2. The molecule has 0 N–H and O–H groups in total. The molecular weight excluding hydrogens is 391 g/mol. The molecule has 1 aromatic heterocycles. The second-order valence-corrected chi connectivity index (χ2v) is 5.88. The van der Waals surface area contributed by atoms with Gasteiger partial charge in [0.1, 0.15) is 11.9 Å². The summed E-state index contributed by atoms with van der Waals surface area (Å²) in [6.45, 7) is -0.0478. The third-order valence-corrected chi connectivity index (χ3v) is 4.03. The Morgan fingerprint density at radius 2 is 1.80 bits per heavy atom. The molecule has 0 saturated heterocycles. The van der Waals surface area contributed by atoms with E-state index in [4.69, 9.17) is 0 Å². The molecule has 0 amide bonds. The van der Waals surface area contributed by atoms with Gasteiger partial charge in [-0.15, -0.1) is 0 Å². The summed E-state index contributed by atoms with van der Waals surface area (Å²) < 4.78 is 14.9.